The van der Waals surface area contributed by atoms with Gasteiger partial charge >= 0.3 is 5.97 Å². The number of hydrogen-bond donors (Lipinski definition) is 3. The first-order valence-corrected chi connectivity index (χ1v) is 9.53. The predicted molar refractivity (Wildman–Crippen MR) is 115 cm³/mol. The molecule has 30 heavy (non-hydrogen) atoms. The molecule has 5 heteroatoms. The number of phenols is 3. The van der Waals surface area contributed by atoms with Crippen LogP contribution in [0.5, 0.6) is 23.0 Å². The first-order chi connectivity index (χ1) is 14.5. The van der Waals surface area contributed by atoms with Crippen LogP contribution in [0.4, 0.5) is 0 Å². The van der Waals surface area contributed by atoms with Crippen LogP contribution >= 0.6 is 0 Å². The van der Waals surface area contributed by atoms with Gasteiger partial charge in [0.2, 0.25) is 0 Å². The third kappa shape index (κ3) is 4.36. The molecule has 4 aromatic rings. The van der Waals surface area contributed by atoms with Crippen molar-refractivity contribution in [3.8, 4) is 34.1 Å². The first kappa shape index (κ1) is 19.3. The SMILES string of the molecule is O=C(CCc1ccc(O)c(O)c1)Oc1ccc(-c2ccc3cc(O)ccc3c2)cc1. The van der Waals surface area contributed by atoms with E-state index in [9.17, 15) is 20.1 Å². The summed E-state index contributed by atoms with van der Waals surface area (Å²) in [4.78, 5) is 12.1. The van der Waals surface area contributed by atoms with E-state index >= 15 is 0 Å². The highest BCUT2D eigenvalue weighted by Crippen LogP contribution is 2.28. The molecule has 0 spiro atoms. The topological polar surface area (TPSA) is 87.0 Å². The highest BCUT2D eigenvalue weighted by atomic mass is 16.5. The molecule has 4 aromatic carbocycles. The van der Waals surface area contributed by atoms with E-state index in [1.54, 1.807) is 30.3 Å². The van der Waals surface area contributed by atoms with Gasteiger partial charge in [-0.3, -0.25) is 4.79 Å². The van der Waals surface area contributed by atoms with Gasteiger partial charge < -0.3 is 20.1 Å². The molecule has 5 nitrogen and oxygen atoms in total. The van der Waals surface area contributed by atoms with Gasteiger partial charge in [0.15, 0.2) is 11.5 Å². The summed E-state index contributed by atoms with van der Waals surface area (Å²) < 4.78 is 5.39. The van der Waals surface area contributed by atoms with E-state index in [1.165, 1.54) is 12.1 Å². The van der Waals surface area contributed by atoms with Gasteiger partial charge in [-0.1, -0.05) is 36.4 Å². The lowest BCUT2D eigenvalue weighted by Gasteiger charge is -2.08. The molecule has 0 aliphatic heterocycles. The molecule has 0 atom stereocenters. The summed E-state index contributed by atoms with van der Waals surface area (Å²) in [7, 11) is 0. The summed E-state index contributed by atoms with van der Waals surface area (Å²) in [5, 5.41) is 30.4. The van der Waals surface area contributed by atoms with Crippen LogP contribution in [0, 0.1) is 0 Å². The van der Waals surface area contributed by atoms with Crippen LogP contribution in [-0.2, 0) is 11.2 Å². The van der Waals surface area contributed by atoms with Crippen LogP contribution in [0.25, 0.3) is 21.9 Å². The highest BCUT2D eigenvalue weighted by Gasteiger charge is 2.08. The van der Waals surface area contributed by atoms with Crippen LogP contribution in [-0.4, -0.2) is 21.3 Å². The Hall–Kier alpha value is -3.99. The quantitative estimate of drug-likeness (QED) is 0.245. The van der Waals surface area contributed by atoms with Crippen molar-refractivity contribution in [1.29, 1.82) is 0 Å². The number of esters is 1. The summed E-state index contributed by atoms with van der Waals surface area (Å²) >= 11 is 0. The number of carbonyl (C=O) groups is 1. The minimum atomic E-state index is -0.374. The average Bonchev–Trinajstić information content (AvgIpc) is 2.75. The van der Waals surface area contributed by atoms with E-state index in [1.807, 2.05) is 36.4 Å². The molecule has 0 bridgehead atoms. The zero-order chi connectivity index (χ0) is 21.1. The molecular weight excluding hydrogens is 380 g/mol. The number of aromatic hydroxyl groups is 3. The Kier molecular flexibility index (Phi) is 5.26. The van der Waals surface area contributed by atoms with Crippen LogP contribution in [0.2, 0.25) is 0 Å². The molecule has 0 saturated carbocycles. The summed E-state index contributed by atoms with van der Waals surface area (Å²) in [5.74, 6) is -0.0691. The summed E-state index contributed by atoms with van der Waals surface area (Å²) in [5.41, 5.74) is 2.75. The predicted octanol–water partition coefficient (Wildman–Crippen LogP) is 5.16. The van der Waals surface area contributed by atoms with Gasteiger partial charge in [-0.2, -0.15) is 0 Å². The lowest BCUT2D eigenvalue weighted by Crippen LogP contribution is -2.08. The Morgan fingerprint density at radius 2 is 1.40 bits per heavy atom. The fraction of sp³-hybridized carbons (Fsp3) is 0.0800. The fourth-order valence-electron chi connectivity index (χ4n) is 3.28. The van der Waals surface area contributed by atoms with Gasteiger partial charge in [0, 0.05) is 6.42 Å². The van der Waals surface area contributed by atoms with Crippen LogP contribution in [0.1, 0.15) is 12.0 Å². The summed E-state index contributed by atoms with van der Waals surface area (Å²) in [6, 6.07) is 23.0. The van der Waals surface area contributed by atoms with Crippen LogP contribution in [0.3, 0.4) is 0 Å². The van der Waals surface area contributed by atoms with Gasteiger partial charge in [-0.15, -0.1) is 0 Å². The van der Waals surface area contributed by atoms with E-state index < -0.39 is 0 Å². The molecule has 0 aliphatic rings. The molecule has 4 rings (SSSR count). The van der Waals surface area contributed by atoms with E-state index in [0.29, 0.717) is 12.2 Å². The maximum Gasteiger partial charge on any atom is 0.311 e. The van der Waals surface area contributed by atoms with E-state index in [2.05, 4.69) is 0 Å². The zero-order valence-corrected chi connectivity index (χ0v) is 16.1. The van der Waals surface area contributed by atoms with Crippen molar-refractivity contribution in [3.05, 3.63) is 84.4 Å². The number of benzene rings is 4. The molecule has 0 aromatic heterocycles. The molecule has 0 radical (unpaired) electrons. The second-order valence-electron chi connectivity index (χ2n) is 7.07. The molecule has 0 fully saturated rings. The van der Waals surface area contributed by atoms with Gasteiger partial charge in [-0.05, 0) is 76.3 Å². The molecule has 3 N–H and O–H groups in total. The van der Waals surface area contributed by atoms with E-state index in [-0.39, 0.29) is 29.6 Å². The second kappa shape index (κ2) is 8.17. The minimum Gasteiger partial charge on any atom is -0.508 e. The maximum absolute atomic E-state index is 12.1. The molecule has 0 unspecified atom stereocenters. The second-order valence-corrected chi connectivity index (χ2v) is 7.07. The lowest BCUT2D eigenvalue weighted by atomic mass is 10.0. The third-order valence-corrected chi connectivity index (χ3v) is 4.90. The van der Waals surface area contributed by atoms with Crippen LogP contribution < -0.4 is 4.74 Å². The maximum atomic E-state index is 12.1. The molecule has 0 heterocycles. The Balaban J connectivity index is 1.40. The van der Waals surface area contributed by atoms with Crippen LogP contribution in [0.15, 0.2) is 78.9 Å². The van der Waals surface area contributed by atoms with Crippen molar-refractivity contribution in [2.45, 2.75) is 12.8 Å². The normalized spacial score (nSPS) is 10.8. The van der Waals surface area contributed by atoms with Gasteiger partial charge in [0.05, 0.1) is 0 Å². The molecule has 0 aliphatic carbocycles. The number of hydrogen-bond acceptors (Lipinski definition) is 5. The van der Waals surface area contributed by atoms with Gasteiger partial charge in [-0.25, -0.2) is 0 Å². The van der Waals surface area contributed by atoms with Crippen molar-refractivity contribution in [2.24, 2.45) is 0 Å². The van der Waals surface area contributed by atoms with Crippen molar-refractivity contribution >= 4 is 16.7 Å². The lowest BCUT2D eigenvalue weighted by molar-refractivity contribution is -0.134. The summed E-state index contributed by atoms with van der Waals surface area (Å²) in [6.07, 6.45) is 0.556. The molecule has 0 amide bonds. The minimum absolute atomic E-state index is 0.156. The standard InChI is InChI=1S/C25H20O5/c26-21-8-5-19-14-18(3-4-20(19)15-21)17-6-9-22(10-7-17)30-25(29)12-2-16-1-11-23(27)24(28)13-16/h1,3-11,13-15,26-28H,2,12H2. The Morgan fingerprint density at radius 3 is 2.17 bits per heavy atom. The smallest absolute Gasteiger partial charge is 0.311 e. The number of rotatable bonds is 5. The fourth-order valence-corrected chi connectivity index (χ4v) is 3.28. The highest BCUT2D eigenvalue weighted by molar-refractivity contribution is 5.88. The van der Waals surface area contributed by atoms with Crippen molar-refractivity contribution in [2.75, 3.05) is 0 Å². The molecule has 0 saturated heterocycles. The number of ether oxygens (including phenoxy) is 1. The van der Waals surface area contributed by atoms with E-state index in [0.717, 1.165) is 27.5 Å². The third-order valence-electron chi connectivity index (χ3n) is 4.90. The number of fused-ring (bicyclic) bond motifs is 1. The monoisotopic (exact) mass is 400 g/mol. The molecule has 150 valence electrons. The Morgan fingerprint density at radius 1 is 0.700 bits per heavy atom. The number of phenolic OH excluding ortho intramolecular Hbond substituents is 3. The van der Waals surface area contributed by atoms with Crippen molar-refractivity contribution in [1.82, 2.24) is 0 Å². The number of carbonyl (C=O) groups excluding carboxylic acids is 1. The summed E-state index contributed by atoms with van der Waals surface area (Å²) in [6.45, 7) is 0. The number of aryl methyl sites for hydroxylation is 1. The first-order valence-electron chi connectivity index (χ1n) is 9.53. The molecular formula is C25H20O5. The van der Waals surface area contributed by atoms with Crippen molar-refractivity contribution in [3.63, 3.8) is 0 Å². The Labute approximate surface area is 173 Å². The van der Waals surface area contributed by atoms with E-state index in [4.69, 9.17) is 4.74 Å². The zero-order valence-electron chi connectivity index (χ0n) is 16.1. The van der Waals surface area contributed by atoms with Gasteiger partial charge in [0.25, 0.3) is 0 Å². The largest absolute Gasteiger partial charge is 0.508 e. The Bertz CT molecular complexity index is 1210. The average molecular weight is 400 g/mol. The van der Waals surface area contributed by atoms with Crippen molar-refractivity contribution < 1.29 is 24.9 Å². The van der Waals surface area contributed by atoms with Gasteiger partial charge in [0.1, 0.15) is 11.5 Å².